The van der Waals surface area contributed by atoms with Gasteiger partial charge >= 0.3 is 5.97 Å². The molecule has 6 heteroatoms. The third-order valence-electron chi connectivity index (χ3n) is 4.21. The van der Waals surface area contributed by atoms with Crippen LogP contribution < -0.4 is 5.32 Å². The Hall–Kier alpha value is -1.98. The van der Waals surface area contributed by atoms with E-state index in [2.05, 4.69) is 5.32 Å². The molecule has 1 saturated carbocycles. The Balaban J connectivity index is 2.08. The van der Waals surface area contributed by atoms with Gasteiger partial charge in [-0.2, -0.15) is 0 Å². The van der Waals surface area contributed by atoms with Gasteiger partial charge < -0.3 is 10.4 Å². The summed E-state index contributed by atoms with van der Waals surface area (Å²) in [5.74, 6) is -4.07. The third kappa shape index (κ3) is 3.61. The zero-order valence-corrected chi connectivity index (χ0v) is 12.3. The molecular formula is C16H19F2NO3. The number of carbonyl (C=O) groups is 2. The van der Waals surface area contributed by atoms with Gasteiger partial charge in [0.25, 0.3) is 0 Å². The molecule has 0 spiro atoms. The normalized spacial score (nSPS) is 22.9. The van der Waals surface area contributed by atoms with Gasteiger partial charge in [0.1, 0.15) is 11.6 Å². The first-order chi connectivity index (χ1) is 10.4. The van der Waals surface area contributed by atoms with E-state index in [0.29, 0.717) is 12.8 Å². The average Bonchev–Trinajstić information content (AvgIpc) is 2.46. The molecule has 0 radical (unpaired) electrons. The standard InChI is InChI=1S/C16H19F2NO3/c1-9(11-7-6-10(17)8-14(11)18)19-15(20)12-4-2-3-5-13(12)16(21)22/h6-9,12-13H,2-5H2,1H3,(H,19,20)(H,21,22). The molecule has 0 heterocycles. The fourth-order valence-electron chi connectivity index (χ4n) is 2.99. The lowest BCUT2D eigenvalue weighted by Gasteiger charge is -2.28. The summed E-state index contributed by atoms with van der Waals surface area (Å²) in [5.41, 5.74) is 0.178. The number of carbonyl (C=O) groups excluding carboxylic acids is 1. The minimum absolute atomic E-state index is 0.178. The van der Waals surface area contributed by atoms with Crippen LogP contribution in [0.4, 0.5) is 8.78 Å². The van der Waals surface area contributed by atoms with Gasteiger partial charge in [0.2, 0.25) is 5.91 Å². The molecule has 22 heavy (non-hydrogen) atoms. The van der Waals surface area contributed by atoms with Crippen molar-refractivity contribution in [2.45, 2.75) is 38.6 Å². The second-order valence-corrected chi connectivity index (χ2v) is 5.73. The van der Waals surface area contributed by atoms with E-state index in [4.69, 9.17) is 0 Å². The molecule has 1 aromatic rings. The smallest absolute Gasteiger partial charge is 0.307 e. The molecule has 1 aromatic carbocycles. The van der Waals surface area contributed by atoms with E-state index in [1.807, 2.05) is 0 Å². The second-order valence-electron chi connectivity index (χ2n) is 5.73. The van der Waals surface area contributed by atoms with E-state index in [-0.39, 0.29) is 11.5 Å². The molecule has 0 saturated heterocycles. The van der Waals surface area contributed by atoms with Crippen LogP contribution in [0.2, 0.25) is 0 Å². The Labute approximate surface area is 127 Å². The van der Waals surface area contributed by atoms with Gasteiger partial charge in [-0.15, -0.1) is 0 Å². The Kier molecular flexibility index (Phi) is 5.11. The Morgan fingerprint density at radius 3 is 2.45 bits per heavy atom. The monoisotopic (exact) mass is 311 g/mol. The Bertz CT molecular complexity index is 577. The van der Waals surface area contributed by atoms with Crippen molar-refractivity contribution in [3.05, 3.63) is 35.4 Å². The number of benzene rings is 1. The highest BCUT2D eigenvalue weighted by Crippen LogP contribution is 2.31. The van der Waals surface area contributed by atoms with Crippen LogP contribution in [-0.4, -0.2) is 17.0 Å². The Morgan fingerprint density at radius 1 is 1.23 bits per heavy atom. The van der Waals surface area contributed by atoms with Crippen LogP contribution in [0.3, 0.4) is 0 Å². The average molecular weight is 311 g/mol. The van der Waals surface area contributed by atoms with Crippen molar-refractivity contribution in [3.8, 4) is 0 Å². The lowest BCUT2D eigenvalue weighted by Crippen LogP contribution is -2.40. The predicted molar refractivity (Wildman–Crippen MR) is 76.0 cm³/mol. The van der Waals surface area contributed by atoms with E-state index < -0.39 is 35.5 Å². The molecule has 1 aliphatic carbocycles. The maximum atomic E-state index is 13.7. The summed E-state index contributed by atoms with van der Waals surface area (Å²) in [4.78, 5) is 23.5. The van der Waals surface area contributed by atoms with Gasteiger partial charge in [-0.1, -0.05) is 18.9 Å². The van der Waals surface area contributed by atoms with Crippen LogP contribution in [0.25, 0.3) is 0 Å². The van der Waals surface area contributed by atoms with Gasteiger partial charge in [-0.3, -0.25) is 9.59 Å². The summed E-state index contributed by atoms with van der Waals surface area (Å²) in [6, 6.07) is 2.52. The molecule has 0 bridgehead atoms. The fraction of sp³-hybridized carbons (Fsp3) is 0.500. The topological polar surface area (TPSA) is 66.4 Å². The first-order valence-corrected chi connectivity index (χ1v) is 7.38. The first kappa shape index (κ1) is 16.4. The molecule has 2 N–H and O–H groups in total. The second kappa shape index (κ2) is 6.85. The van der Waals surface area contributed by atoms with Crippen molar-refractivity contribution in [3.63, 3.8) is 0 Å². The van der Waals surface area contributed by atoms with Gasteiger partial charge in [-0.25, -0.2) is 8.78 Å². The number of nitrogens with one attached hydrogen (secondary N) is 1. The predicted octanol–water partition coefficient (Wildman–Crippen LogP) is 3.03. The quantitative estimate of drug-likeness (QED) is 0.898. The van der Waals surface area contributed by atoms with E-state index in [1.54, 1.807) is 6.92 Å². The highest BCUT2D eigenvalue weighted by molar-refractivity contribution is 5.85. The van der Waals surface area contributed by atoms with Gasteiger partial charge in [0, 0.05) is 11.6 Å². The lowest BCUT2D eigenvalue weighted by atomic mass is 9.78. The van der Waals surface area contributed by atoms with Crippen LogP contribution in [0.1, 0.15) is 44.2 Å². The molecule has 0 aliphatic heterocycles. The number of hydrogen-bond donors (Lipinski definition) is 2. The van der Waals surface area contributed by atoms with Crippen molar-refractivity contribution < 1.29 is 23.5 Å². The number of hydrogen-bond acceptors (Lipinski definition) is 2. The van der Waals surface area contributed by atoms with Crippen molar-refractivity contribution in [1.82, 2.24) is 5.32 Å². The zero-order chi connectivity index (χ0) is 16.3. The number of carboxylic acids is 1. The number of carboxylic acid groups (broad SMARTS) is 1. The summed E-state index contributed by atoms with van der Waals surface area (Å²) in [6.07, 6.45) is 2.60. The Morgan fingerprint density at radius 2 is 1.86 bits per heavy atom. The maximum absolute atomic E-state index is 13.7. The van der Waals surface area contributed by atoms with Crippen molar-refractivity contribution in [1.29, 1.82) is 0 Å². The minimum atomic E-state index is -0.972. The van der Waals surface area contributed by atoms with Crippen molar-refractivity contribution >= 4 is 11.9 Å². The lowest BCUT2D eigenvalue weighted by molar-refractivity contribution is -0.149. The highest BCUT2D eigenvalue weighted by Gasteiger charge is 2.36. The number of amides is 1. The van der Waals surface area contributed by atoms with Crippen LogP contribution in [0.5, 0.6) is 0 Å². The largest absolute Gasteiger partial charge is 0.481 e. The van der Waals surface area contributed by atoms with Crippen LogP contribution in [-0.2, 0) is 9.59 Å². The maximum Gasteiger partial charge on any atom is 0.307 e. The van der Waals surface area contributed by atoms with Gasteiger partial charge in [0.15, 0.2) is 0 Å². The molecule has 1 fully saturated rings. The van der Waals surface area contributed by atoms with Gasteiger partial charge in [-0.05, 0) is 25.8 Å². The SMILES string of the molecule is CC(NC(=O)C1CCCCC1C(=O)O)c1ccc(F)cc1F. The molecule has 3 atom stereocenters. The first-order valence-electron chi connectivity index (χ1n) is 7.38. The fourth-order valence-corrected chi connectivity index (χ4v) is 2.99. The molecule has 1 amide bonds. The van der Waals surface area contributed by atoms with Crippen LogP contribution in [0.15, 0.2) is 18.2 Å². The third-order valence-corrected chi connectivity index (χ3v) is 4.21. The number of aliphatic carboxylic acids is 1. The molecular weight excluding hydrogens is 292 g/mol. The molecule has 0 aromatic heterocycles. The zero-order valence-electron chi connectivity index (χ0n) is 12.3. The minimum Gasteiger partial charge on any atom is -0.481 e. The number of halogens is 2. The summed E-state index contributed by atoms with van der Waals surface area (Å²) >= 11 is 0. The molecule has 4 nitrogen and oxygen atoms in total. The van der Waals surface area contributed by atoms with E-state index in [0.717, 1.165) is 25.0 Å². The van der Waals surface area contributed by atoms with E-state index in [1.165, 1.54) is 6.07 Å². The summed E-state index contributed by atoms with van der Waals surface area (Å²) in [7, 11) is 0. The molecule has 1 aliphatic rings. The van der Waals surface area contributed by atoms with Crippen molar-refractivity contribution in [2.75, 3.05) is 0 Å². The molecule has 2 rings (SSSR count). The summed E-state index contributed by atoms with van der Waals surface area (Å²) in [6.45, 7) is 1.59. The highest BCUT2D eigenvalue weighted by atomic mass is 19.1. The number of rotatable bonds is 4. The summed E-state index contributed by atoms with van der Waals surface area (Å²) in [5, 5.41) is 11.8. The van der Waals surface area contributed by atoms with Crippen molar-refractivity contribution in [2.24, 2.45) is 11.8 Å². The van der Waals surface area contributed by atoms with Crippen LogP contribution in [0, 0.1) is 23.5 Å². The van der Waals surface area contributed by atoms with E-state index in [9.17, 15) is 23.5 Å². The van der Waals surface area contributed by atoms with E-state index >= 15 is 0 Å². The van der Waals surface area contributed by atoms with Gasteiger partial charge in [0.05, 0.1) is 17.9 Å². The van der Waals surface area contributed by atoms with Crippen LogP contribution >= 0.6 is 0 Å². The molecule has 120 valence electrons. The summed E-state index contributed by atoms with van der Waals surface area (Å²) < 4.78 is 26.6. The molecule has 3 unspecified atom stereocenters.